The van der Waals surface area contributed by atoms with E-state index in [2.05, 4.69) is 32.4 Å². The van der Waals surface area contributed by atoms with E-state index in [0.29, 0.717) is 36.6 Å². The van der Waals surface area contributed by atoms with Crippen molar-refractivity contribution < 1.29 is 23.9 Å². The van der Waals surface area contributed by atoms with Crippen LogP contribution >= 0.6 is 0 Å². The van der Waals surface area contributed by atoms with Gasteiger partial charge in [-0.3, -0.25) is 19.3 Å². The third kappa shape index (κ3) is 9.54. The van der Waals surface area contributed by atoms with Crippen LogP contribution in [0.5, 0.6) is 0 Å². The van der Waals surface area contributed by atoms with E-state index in [-0.39, 0.29) is 35.8 Å². The minimum Gasteiger partial charge on any atom is -0.453 e. The van der Waals surface area contributed by atoms with Gasteiger partial charge in [0.25, 0.3) is 11.8 Å². The molecular weight excluding hydrogens is 743 g/mol. The Labute approximate surface area is 345 Å². The molecule has 3 heterocycles. The summed E-state index contributed by atoms with van der Waals surface area (Å²) in [5, 5.41) is 5.75. The van der Waals surface area contributed by atoms with Gasteiger partial charge in [-0.1, -0.05) is 84.6 Å². The monoisotopic (exact) mass is 791 g/mol. The van der Waals surface area contributed by atoms with Crippen LogP contribution in [-0.4, -0.2) is 95.4 Å². The average Bonchev–Trinajstić information content (AvgIpc) is 4.07. The van der Waals surface area contributed by atoms with Crippen molar-refractivity contribution in [3.05, 3.63) is 149 Å². The number of ether oxygens (including phenoxy) is 1. The topological polar surface area (TPSA) is 140 Å². The normalized spacial score (nSPS) is 17.2. The lowest BCUT2D eigenvalue weighted by molar-refractivity contribution is -0.137. The number of hydrogen-bond donors (Lipinski definition) is 3. The molecule has 59 heavy (non-hydrogen) atoms. The molecule has 302 valence electrons. The first-order chi connectivity index (χ1) is 28.7. The van der Waals surface area contributed by atoms with Crippen LogP contribution in [0.3, 0.4) is 0 Å². The van der Waals surface area contributed by atoms with Crippen LogP contribution in [-0.2, 0) is 14.3 Å². The maximum Gasteiger partial charge on any atom is 0.407 e. The lowest BCUT2D eigenvalue weighted by atomic mass is 10.0. The molecule has 2 aliphatic heterocycles. The van der Waals surface area contributed by atoms with Crippen LogP contribution in [0.15, 0.2) is 115 Å². The molecule has 7 rings (SSSR count). The van der Waals surface area contributed by atoms with Gasteiger partial charge in [-0.15, -0.1) is 0 Å². The molecule has 0 saturated carbocycles. The van der Waals surface area contributed by atoms with Crippen LogP contribution in [0, 0.1) is 11.8 Å². The summed E-state index contributed by atoms with van der Waals surface area (Å²) < 4.78 is 4.81. The van der Waals surface area contributed by atoms with E-state index < -0.39 is 12.1 Å². The SMILES string of the molecule is COC(=O)N[C@@H](C(=O)N1CCC[C@H]1c1ncc(-c2ccc(C#Cc3ccc(C(=O)NC[C@@H]4CCCN4C(=O)[C@@H](c4ccccc4)N(C)C)cc3)cc2)[nH]1)c1ccccc1. The summed E-state index contributed by atoms with van der Waals surface area (Å²) in [6.07, 6.45) is 4.39. The van der Waals surface area contributed by atoms with Crippen molar-refractivity contribution in [3.63, 3.8) is 0 Å². The highest BCUT2D eigenvalue weighted by Crippen LogP contribution is 2.34. The van der Waals surface area contributed by atoms with Gasteiger partial charge in [0.15, 0.2) is 0 Å². The molecule has 2 aliphatic rings. The smallest absolute Gasteiger partial charge is 0.407 e. The Kier molecular flexibility index (Phi) is 12.8. The van der Waals surface area contributed by atoms with Gasteiger partial charge in [0.2, 0.25) is 5.91 Å². The van der Waals surface area contributed by atoms with Crippen molar-refractivity contribution in [2.45, 2.75) is 49.9 Å². The predicted octanol–water partition coefficient (Wildman–Crippen LogP) is 6.26. The summed E-state index contributed by atoms with van der Waals surface area (Å²) in [5.41, 5.74) is 5.50. The van der Waals surface area contributed by atoms with Crippen molar-refractivity contribution >= 4 is 23.8 Å². The third-order valence-electron chi connectivity index (χ3n) is 11.0. The number of hydrogen-bond acceptors (Lipinski definition) is 7. The van der Waals surface area contributed by atoms with Crippen molar-refractivity contribution in [3.8, 4) is 23.1 Å². The second-order valence-electron chi connectivity index (χ2n) is 15.1. The van der Waals surface area contributed by atoms with Gasteiger partial charge < -0.3 is 30.2 Å². The minimum atomic E-state index is -0.885. The number of likely N-dealkylation sites (N-methyl/N-ethyl adjacent to an activating group) is 1. The fourth-order valence-electron chi connectivity index (χ4n) is 7.93. The number of rotatable bonds is 11. The molecule has 3 N–H and O–H groups in total. The van der Waals surface area contributed by atoms with Crippen LogP contribution < -0.4 is 10.6 Å². The first-order valence-corrected chi connectivity index (χ1v) is 20.0. The second-order valence-corrected chi connectivity index (χ2v) is 15.1. The standard InChI is InChI=1S/C47H49N7O5/c1-52(2)42(36-14-8-5-9-15-36)46(57)53-28-10-16-38(53)30-49-44(55)37-26-22-33(23-27-37)19-18-32-20-24-34(25-21-32)39-31-48-43(50-39)40-17-11-29-54(40)45(56)41(51-47(58)59-3)35-12-6-4-7-13-35/h4-9,12-15,20-27,31,38,40-42H,10-11,16-17,28-30H2,1-3H3,(H,48,50)(H,49,55)(H,51,58)/t38-,40-,41+,42+/m0/s1. The number of alkyl carbamates (subject to hydrolysis) is 1. The molecule has 0 radical (unpaired) electrons. The Hall–Kier alpha value is -6.71. The largest absolute Gasteiger partial charge is 0.453 e. The number of imidazole rings is 1. The predicted molar refractivity (Wildman–Crippen MR) is 225 cm³/mol. The maximum absolute atomic E-state index is 13.8. The van der Waals surface area contributed by atoms with Gasteiger partial charge in [0.05, 0.1) is 25.0 Å². The molecule has 12 nitrogen and oxygen atoms in total. The van der Waals surface area contributed by atoms with Crippen LogP contribution in [0.1, 0.15) is 82.2 Å². The number of benzene rings is 4. The first-order valence-electron chi connectivity index (χ1n) is 20.0. The maximum atomic E-state index is 13.8. The third-order valence-corrected chi connectivity index (χ3v) is 11.0. The lowest BCUT2D eigenvalue weighted by Gasteiger charge is -2.32. The molecule has 2 fully saturated rings. The van der Waals surface area contributed by atoms with Crippen LogP contribution in [0.4, 0.5) is 4.79 Å². The molecule has 0 aliphatic carbocycles. The highest BCUT2D eigenvalue weighted by atomic mass is 16.5. The molecule has 4 aromatic carbocycles. The van der Waals surface area contributed by atoms with E-state index in [1.807, 2.05) is 121 Å². The number of carbonyl (C=O) groups is 4. The van der Waals surface area contributed by atoms with Gasteiger partial charge in [0.1, 0.15) is 17.9 Å². The zero-order valence-electron chi connectivity index (χ0n) is 33.6. The molecule has 5 aromatic rings. The number of aromatic nitrogens is 2. The molecular formula is C47H49N7O5. The quantitative estimate of drug-likeness (QED) is 0.134. The Morgan fingerprint density at radius 1 is 0.797 bits per heavy atom. The Morgan fingerprint density at radius 3 is 2.05 bits per heavy atom. The summed E-state index contributed by atoms with van der Waals surface area (Å²) in [7, 11) is 5.11. The van der Waals surface area contributed by atoms with Crippen molar-refractivity contribution in [2.75, 3.05) is 40.8 Å². The van der Waals surface area contributed by atoms with E-state index in [1.165, 1.54) is 7.11 Å². The summed E-state index contributed by atoms with van der Waals surface area (Å²) >= 11 is 0. The van der Waals surface area contributed by atoms with E-state index >= 15 is 0 Å². The zero-order chi connectivity index (χ0) is 41.3. The number of likely N-dealkylation sites (tertiary alicyclic amines) is 2. The molecule has 4 atom stereocenters. The minimum absolute atomic E-state index is 0.0534. The Balaban J connectivity index is 0.939. The van der Waals surface area contributed by atoms with Crippen molar-refractivity contribution in [1.82, 2.24) is 35.3 Å². The van der Waals surface area contributed by atoms with Gasteiger partial charge in [-0.2, -0.15) is 0 Å². The van der Waals surface area contributed by atoms with Gasteiger partial charge >= 0.3 is 6.09 Å². The lowest BCUT2D eigenvalue weighted by Crippen LogP contribution is -2.47. The van der Waals surface area contributed by atoms with E-state index in [1.54, 1.807) is 23.2 Å². The molecule has 1 aromatic heterocycles. The highest BCUT2D eigenvalue weighted by Gasteiger charge is 2.37. The van der Waals surface area contributed by atoms with E-state index in [4.69, 9.17) is 4.74 Å². The number of H-pyrrole nitrogens is 1. The van der Waals surface area contributed by atoms with Crippen molar-refractivity contribution in [1.29, 1.82) is 0 Å². The first kappa shape index (κ1) is 40.5. The van der Waals surface area contributed by atoms with Gasteiger partial charge in [-0.25, -0.2) is 9.78 Å². The molecule has 0 unspecified atom stereocenters. The Morgan fingerprint density at radius 2 is 1.41 bits per heavy atom. The number of methoxy groups -OCH3 is 1. The summed E-state index contributed by atoms with van der Waals surface area (Å²) in [4.78, 5) is 66.6. The highest BCUT2D eigenvalue weighted by molar-refractivity contribution is 5.94. The number of nitrogens with zero attached hydrogens (tertiary/aromatic N) is 4. The molecule has 0 spiro atoms. The number of aromatic amines is 1. The Bertz CT molecular complexity index is 2300. The number of amides is 4. The van der Waals surface area contributed by atoms with E-state index in [0.717, 1.165) is 53.6 Å². The summed E-state index contributed by atoms with van der Waals surface area (Å²) in [5.74, 6) is 6.72. The fourth-order valence-corrected chi connectivity index (χ4v) is 7.93. The van der Waals surface area contributed by atoms with Gasteiger partial charge in [0, 0.05) is 42.4 Å². The van der Waals surface area contributed by atoms with Crippen LogP contribution in [0.2, 0.25) is 0 Å². The average molecular weight is 792 g/mol. The summed E-state index contributed by atoms with van der Waals surface area (Å²) in [6.45, 7) is 1.61. The summed E-state index contributed by atoms with van der Waals surface area (Å²) in [6, 6.07) is 32.4. The van der Waals surface area contributed by atoms with Crippen LogP contribution in [0.25, 0.3) is 11.3 Å². The zero-order valence-corrected chi connectivity index (χ0v) is 33.6. The molecule has 2 saturated heterocycles. The molecule has 0 bridgehead atoms. The molecule has 12 heteroatoms. The number of carbonyl (C=O) groups excluding carboxylic acids is 4. The van der Waals surface area contributed by atoms with Crippen molar-refractivity contribution in [2.24, 2.45) is 0 Å². The van der Waals surface area contributed by atoms with E-state index in [9.17, 15) is 19.2 Å². The number of nitrogens with one attached hydrogen (secondary N) is 3. The fraction of sp³-hybridized carbons (Fsp3) is 0.298. The van der Waals surface area contributed by atoms with Gasteiger partial charge in [-0.05, 0) is 92.9 Å². The second kappa shape index (κ2) is 18.7. The molecule has 4 amide bonds.